The van der Waals surface area contributed by atoms with Crippen molar-refractivity contribution >= 4 is 16.9 Å². The molecule has 2 aliphatic heterocycles. The van der Waals surface area contributed by atoms with Crippen LogP contribution < -0.4 is 0 Å². The number of nitrogens with zero attached hydrogens (tertiary/aromatic N) is 4. The number of piperidine rings is 1. The van der Waals surface area contributed by atoms with Crippen molar-refractivity contribution in [2.45, 2.75) is 43.9 Å². The minimum atomic E-state index is 0.299. The maximum absolute atomic E-state index is 11.7. The highest BCUT2D eigenvalue weighted by atomic mass is 16.2. The van der Waals surface area contributed by atoms with Crippen molar-refractivity contribution in [2.75, 3.05) is 33.2 Å². The Morgan fingerprint density at radius 3 is 2.63 bits per heavy atom. The van der Waals surface area contributed by atoms with Crippen LogP contribution in [-0.4, -0.2) is 58.9 Å². The number of carbonyl (C=O) groups excluding carboxylic acids is 1. The molecule has 3 fully saturated rings. The van der Waals surface area contributed by atoms with Gasteiger partial charge in [-0.3, -0.25) is 4.79 Å². The molecule has 1 saturated carbocycles. The van der Waals surface area contributed by atoms with Crippen LogP contribution in [0.25, 0.3) is 11.0 Å². The average Bonchev–Trinajstić information content (AvgIpc) is 3.48. The fraction of sp³-hybridized carbons (Fsp3) is 0.591. The molecule has 1 unspecified atom stereocenters. The second-order valence-electron chi connectivity index (χ2n) is 8.75. The summed E-state index contributed by atoms with van der Waals surface area (Å²) in [4.78, 5) is 25.7. The van der Waals surface area contributed by atoms with E-state index in [1.54, 1.807) is 0 Å². The summed E-state index contributed by atoms with van der Waals surface area (Å²) in [5.74, 6) is 2.07. The van der Waals surface area contributed by atoms with E-state index in [1.807, 2.05) is 18.1 Å². The highest BCUT2D eigenvalue weighted by Gasteiger charge is 2.30. The van der Waals surface area contributed by atoms with Gasteiger partial charge in [0.05, 0.1) is 0 Å². The fourth-order valence-corrected chi connectivity index (χ4v) is 4.76. The molecule has 1 amide bonds. The SMILES string of the molecule is CN1CC(CN2CCC(c3ccc4cc(C5CC5)cnc4n3)CC2)CC1=O. The molecule has 0 radical (unpaired) electrons. The second-order valence-corrected chi connectivity index (χ2v) is 8.75. The Labute approximate surface area is 160 Å². The van der Waals surface area contributed by atoms with Crippen LogP contribution in [0.3, 0.4) is 0 Å². The van der Waals surface area contributed by atoms with Crippen LogP contribution in [0.15, 0.2) is 24.4 Å². The van der Waals surface area contributed by atoms with E-state index in [-0.39, 0.29) is 0 Å². The molecule has 27 heavy (non-hydrogen) atoms. The van der Waals surface area contributed by atoms with Crippen molar-refractivity contribution in [3.05, 3.63) is 35.7 Å². The maximum Gasteiger partial charge on any atom is 0.222 e. The van der Waals surface area contributed by atoms with Gasteiger partial charge in [0.15, 0.2) is 5.65 Å². The third-order valence-electron chi connectivity index (χ3n) is 6.58. The molecule has 5 nitrogen and oxygen atoms in total. The Balaban J connectivity index is 1.21. The van der Waals surface area contributed by atoms with Gasteiger partial charge in [0.2, 0.25) is 5.91 Å². The predicted molar refractivity (Wildman–Crippen MR) is 106 cm³/mol. The Hall–Kier alpha value is -2.01. The molecule has 142 valence electrons. The highest BCUT2D eigenvalue weighted by Crippen LogP contribution is 2.40. The number of likely N-dealkylation sites (tertiary alicyclic amines) is 2. The molecule has 1 aliphatic carbocycles. The van der Waals surface area contributed by atoms with E-state index < -0.39 is 0 Å². The summed E-state index contributed by atoms with van der Waals surface area (Å²) in [6, 6.07) is 6.70. The van der Waals surface area contributed by atoms with Crippen molar-refractivity contribution in [1.29, 1.82) is 0 Å². The first-order chi connectivity index (χ1) is 13.2. The number of aromatic nitrogens is 2. The maximum atomic E-state index is 11.7. The van der Waals surface area contributed by atoms with Gasteiger partial charge < -0.3 is 9.80 Å². The second kappa shape index (κ2) is 6.86. The zero-order valence-corrected chi connectivity index (χ0v) is 16.1. The molecule has 2 saturated heterocycles. The van der Waals surface area contributed by atoms with Gasteiger partial charge in [0.25, 0.3) is 0 Å². The lowest BCUT2D eigenvalue weighted by atomic mass is 9.92. The quantitative estimate of drug-likeness (QED) is 0.836. The van der Waals surface area contributed by atoms with Crippen molar-refractivity contribution in [3.8, 4) is 0 Å². The van der Waals surface area contributed by atoms with Gasteiger partial charge >= 0.3 is 0 Å². The minimum Gasteiger partial charge on any atom is -0.345 e. The summed E-state index contributed by atoms with van der Waals surface area (Å²) in [7, 11) is 1.92. The first-order valence-corrected chi connectivity index (χ1v) is 10.4. The zero-order valence-electron chi connectivity index (χ0n) is 16.1. The Morgan fingerprint density at radius 2 is 1.93 bits per heavy atom. The summed E-state index contributed by atoms with van der Waals surface area (Å²) < 4.78 is 0. The number of carbonyl (C=O) groups is 1. The zero-order chi connectivity index (χ0) is 18.4. The van der Waals surface area contributed by atoms with Crippen LogP contribution >= 0.6 is 0 Å². The number of rotatable bonds is 4. The van der Waals surface area contributed by atoms with Crippen LogP contribution in [0.5, 0.6) is 0 Å². The van der Waals surface area contributed by atoms with E-state index in [9.17, 15) is 4.79 Å². The number of hydrogen-bond acceptors (Lipinski definition) is 4. The largest absolute Gasteiger partial charge is 0.345 e. The summed E-state index contributed by atoms with van der Waals surface area (Å²) in [6.07, 6.45) is 7.66. The van der Waals surface area contributed by atoms with Crippen LogP contribution in [-0.2, 0) is 4.79 Å². The number of fused-ring (bicyclic) bond motifs is 1. The Kier molecular flexibility index (Phi) is 4.35. The van der Waals surface area contributed by atoms with Crippen LogP contribution in [0.4, 0.5) is 0 Å². The van der Waals surface area contributed by atoms with Gasteiger partial charge in [-0.2, -0.15) is 0 Å². The Bertz CT molecular complexity index is 855. The van der Waals surface area contributed by atoms with Gasteiger partial charge in [-0.25, -0.2) is 9.97 Å². The lowest BCUT2D eigenvalue weighted by Gasteiger charge is -2.33. The molecular weight excluding hydrogens is 336 g/mol. The molecule has 0 bridgehead atoms. The van der Waals surface area contributed by atoms with E-state index >= 15 is 0 Å². The van der Waals surface area contributed by atoms with E-state index in [2.05, 4.69) is 28.1 Å². The predicted octanol–water partition coefficient (Wildman–Crippen LogP) is 3.16. The normalized spacial score (nSPS) is 24.9. The van der Waals surface area contributed by atoms with Gasteiger partial charge in [-0.15, -0.1) is 0 Å². The van der Waals surface area contributed by atoms with Gasteiger partial charge in [-0.05, 0) is 74.4 Å². The smallest absolute Gasteiger partial charge is 0.222 e. The fourth-order valence-electron chi connectivity index (χ4n) is 4.76. The highest BCUT2D eigenvalue weighted by molar-refractivity contribution is 5.78. The standard InChI is InChI=1S/C22H28N4O/c1-25-13-15(10-21(25)27)14-26-8-6-17(7-9-26)20-5-4-18-11-19(16-2-3-16)12-23-22(18)24-20/h4-5,11-12,15-17H,2-3,6-10,13-14H2,1H3. The molecule has 0 N–H and O–H groups in total. The van der Waals surface area contributed by atoms with Crippen LogP contribution in [0.2, 0.25) is 0 Å². The average molecular weight is 364 g/mol. The third-order valence-corrected chi connectivity index (χ3v) is 6.58. The minimum absolute atomic E-state index is 0.299. The summed E-state index contributed by atoms with van der Waals surface area (Å²) >= 11 is 0. The molecule has 0 aromatic carbocycles. The lowest BCUT2D eigenvalue weighted by molar-refractivity contribution is -0.126. The molecule has 1 atom stereocenters. The molecule has 4 heterocycles. The van der Waals surface area contributed by atoms with Crippen molar-refractivity contribution in [3.63, 3.8) is 0 Å². The monoisotopic (exact) mass is 364 g/mol. The van der Waals surface area contributed by atoms with Gasteiger partial charge in [0, 0.05) is 49.8 Å². The lowest BCUT2D eigenvalue weighted by Crippen LogP contribution is -2.37. The number of hydrogen-bond donors (Lipinski definition) is 0. The van der Waals surface area contributed by atoms with E-state index in [4.69, 9.17) is 4.98 Å². The van der Waals surface area contributed by atoms with Gasteiger partial charge in [0.1, 0.15) is 0 Å². The molecule has 5 heteroatoms. The first kappa shape index (κ1) is 17.1. The Morgan fingerprint density at radius 1 is 1.11 bits per heavy atom. The summed E-state index contributed by atoms with van der Waals surface area (Å²) in [6.45, 7) is 4.18. The van der Waals surface area contributed by atoms with E-state index in [1.165, 1.54) is 29.5 Å². The molecule has 2 aromatic rings. The van der Waals surface area contributed by atoms with Gasteiger partial charge in [-0.1, -0.05) is 0 Å². The van der Waals surface area contributed by atoms with Crippen molar-refractivity contribution in [2.24, 2.45) is 5.92 Å². The number of amides is 1. The third kappa shape index (κ3) is 3.57. The molecule has 3 aliphatic rings. The summed E-state index contributed by atoms with van der Waals surface area (Å²) in [5.41, 5.74) is 3.47. The van der Waals surface area contributed by atoms with Crippen molar-refractivity contribution in [1.82, 2.24) is 19.8 Å². The first-order valence-electron chi connectivity index (χ1n) is 10.4. The molecular formula is C22H28N4O. The van der Waals surface area contributed by atoms with Crippen LogP contribution in [0, 0.1) is 5.92 Å². The topological polar surface area (TPSA) is 49.3 Å². The van der Waals surface area contributed by atoms with Crippen LogP contribution in [0.1, 0.15) is 55.2 Å². The summed E-state index contributed by atoms with van der Waals surface area (Å²) in [5, 5.41) is 1.18. The van der Waals surface area contributed by atoms with E-state index in [0.717, 1.165) is 57.0 Å². The van der Waals surface area contributed by atoms with Crippen molar-refractivity contribution < 1.29 is 4.79 Å². The molecule has 2 aromatic heterocycles. The number of pyridine rings is 2. The molecule has 5 rings (SSSR count). The van der Waals surface area contributed by atoms with E-state index in [0.29, 0.717) is 17.7 Å². The molecule has 0 spiro atoms.